The van der Waals surface area contributed by atoms with Gasteiger partial charge in [0.1, 0.15) is 5.65 Å². The minimum atomic E-state index is -0.824. The fraction of sp³-hybridized carbons (Fsp3) is 0.200. The number of nitrogens with zero attached hydrogens (tertiary/aromatic N) is 1. The van der Waals surface area contributed by atoms with Crippen molar-refractivity contribution in [2.75, 3.05) is 7.11 Å². The molecule has 0 spiro atoms. The first kappa shape index (κ1) is 11.8. The summed E-state index contributed by atoms with van der Waals surface area (Å²) in [6.45, 7) is 0. The van der Waals surface area contributed by atoms with Crippen LogP contribution in [0.25, 0.3) is 11.0 Å². The van der Waals surface area contributed by atoms with Crippen LogP contribution in [-0.2, 0) is 11.8 Å². The van der Waals surface area contributed by atoms with Crippen LogP contribution in [0.3, 0.4) is 0 Å². The third-order valence-electron chi connectivity index (χ3n) is 2.52. The Morgan fingerprint density at radius 2 is 1.94 bits per heavy atom. The Morgan fingerprint density at radius 1 is 1.28 bits per heavy atom. The van der Waals surface area contributed by atoms with Gasteiger partial charge in [-0.2, -0.15) is 0 Å². The van der Waals surface area contributed by atoms with E-state index in [0.717, 1.165) is 17.7 Å². The van der Waals surface area contributed by atoms with Gasteiger partial charge >= 0.3 is 11.7 Å². The van der Waals surface area contributed by atoms with Crippen LogP contribution in [0.4, 0.5) is 0 Å². The number of esters is 1. The number of H-pyrrole nitrogens is 2. The number of nitrogens with one attached hydrogen (secondary N) is 2. The number of carbonyl (C=O) groups excluding carboxylic acids is 1. The van der Waals surface area contributed by atoms with E-state index >= 15 is 0 Å². The number of fused-ring (bicyclic) bond motifs is 1. The van der Waals surface area contributed by atoms with Crippen molar-refractivity contribution in [1.82, 2.24) is 14.5 Å². The smallest absolute Gasteiger partial charge is 0.339 e. The summed E-state index contributed by atoms with van der Waals surface area (Å²) in [6.07, 6.45) is 0. The first-order valence-electron chi connectivity index (χ1n) is 4.90. The van der Waals surface area contributed by atoms with E-state index in [1.54, 1.807) is 0 Å². The van der Waals surface area contributed by atoms with Crippen molar-refractivity contribution in [2.45, 2.75) is 0 Å². The summed E-state index contributed by atoms with van der Waals surface area (Å²) in [5, 5.41) is -0.0939. The molecule has 0 atom stereocenters. The number of methoxy groups -OCH3 is 1. The molecular formula is C10H9N3O5. The largest absolute Gasteiger partial charge is 0.465 e. The lowest BCUT2D eigenvalue weighted by Gasteiger charge is -2.06. The second kappa shape index (κ2) is 3.99. The fourth-order valence-corrected chi connectivity index (χ4v) is 1.64. The molecule has 8 nitrogen and oxygen atoms in total. The maximum Gasteiger partial charge on any atom is 0.339 e. The van der Waals surface area contributed by atoms with Gasteiger partial charge in [-0.1, -0.05) is 0 Å². The SMILES string of the molecule is COC(=O)c1cc(=O)[nH]c2c1c(=O)[nH]c(=O)n2C. The zero-order valence-electron chi connectivity index (χ0n) is 9.57. The van der Waals surface area contributed by atoms with Crippen molar-refractivity contribution in [3.05, 3.63) is 42.8 Å². The van der Waals surface area contributed by atoms with Crippen LogP contribution in [0.5, 0.6) is 0 Å². The Hall–Kier alpha value is -2.64. The van der Waals surface area contributed by atoms with E-state index in [-0.39, 0.29) is 16.6 Å². The number of aromatic amines is 2. The number of hydrogen-bond acceptors (Lipinski definition) is 5. The van der Waals surface area contributed by atoms with Gasteiger partial charge in [-0.15, -0.1) is 0 Å². The van der Waals surface area contributed by atoms with Gasteiger partial charge in [-0.3, -0.25) is 19.1 Å². The lowest BCUT2D eigenvalue weighted by molar-refractivity contribution is 0.0602. The molecule has 0 unspecified atom stereocenters. The molecule has 2 rings (SSSR count). The normalized spacial score (nSPS) is 10.6. The highest BCUT2D eigenvalue weighted by molar-refractivity contribution is 6.01. The van der Waals surface area contributed by atoms with Gasteiger partial charge in [0.05, 0.1) is 18.1 Å². The van der Waals surface area contributed by atoms with Crippen LogP contribution < -0.4 is 16.8 Å². The Bertz CT molecular complexity index is 811. The molecule has 2 aromatic rings. The summed E-state index contributed by atoms with van der Waals surface area (Å²) in [5.74, 6) is -0.824. The molecule has 18 heavy (non-hydrogen) atoms. The average Bonchev–Trinajstić information content (AvgIpc) is 2.33. The average molecular weight is 251 g/mol. The molecule has 8 heteroatoms. The second-order valence-corrected chi connectivity index (χ2v) is 3.58. The first-order chi connectivity index (χ1) is 8.45. The Balaban J connectivity index is 3.11. The van der Waals surface area contributed by atoms with Gasteiger partial charge in [0.15, 0.2) is 0 Å². The van der Waals surface area contributed by atoms with Gasteiger partial charge in [-0.25, -0.2) is 9.59 Å². The molecule has 0 amide bonds. The highest BCUT2D eigenvalue weighted by atomic mass is 16.5. The van der Waals surface area contributed by atoms with Crippen molar-refractivity contribution in [3.8, 4) is 0 Å². The van der Waals surface area contributed by atoms with Gasteiger partial charge in [-0.05, 0) is 0 Å². The topological polar surface area (TPSA) is 114 Å². The third kappa shape index (κ3) is 1.63. The van der Waals surface area contributed by atoms with Crippen LogP contribution in [0.1, 0.15) is 10.4 Å². The van der Waals surface area contributed by atoms with Crippen LogP contribution in [0.2, 0.25) is 0 Å². The molecule has 0 aromatic carbocycles. The quantitative estimate of drug-likeness (QED) is 0.611. The van der Waals surface area contributed by atoms with Crippen molar-refractivity contribution >= 4 is 17.0 Å². The molecule has 0 fully saturated rings. The minimum Gasteiger partial charge on any atom is -0.465 e. The summed E-state index contributed by atoms with van der Waals surface area (Å²) in [6, 6.07) is 0.952. The van der Waals surface area contributed by atoms with E-state index in [1.165, 1.54) is 7.05 Å². The van der Waals surface area contributed by atoms with Gasteiger partial charge < -0.3 is 9.72 Å². The number of pyridine rings is 1. The number of carbonyl (C=O) groups is 1. The van der Waals surface area contributed by atoms with Gasteiger partial charge in [0.25, 0.3) is 5.56 Å². The molecule has 0 aliphatic rings. The van der Waals surface area contributed by atoms with E-state index in [0.29, 0.717) is 0 Å². The molecule has 0 aliphatic heterocycles. The van der Waals surface area contributed by atoms with E-state index < -0.39 is 22.8 Å². The Kier molecular flexibility index (Phi) is 2.62. The monoisotopic (exact) mass is 251 g/mol. The van der Waals surface area contributed by atoms with Crippen LogP contribution in [-0.4, -0.2) is 27.6 Å². The van der Waals surface area contributed by atoms with Crippen molar-refractivity contribution in [2.24, 2.45) is 7.05 Å². The molecule has 0 saturated heterocycles. The van der Waals surface area contributed by atoms with Crippen molar-refractivity contribution in [1.29, 1.82) is 0 Å². The molecule has 0 saturated carbocycles. The van der Waals surface area contributed by atoms with E-state index in [4.69, 9.17) is 0 Å². The Morgan fingerprint density at radius 3 is 2.56 bits per heavy atom. The summed E-state index contributed by atoms with van der Waals surface area (Å²) in [5.41, 5.74) is -2.27. The molecule has 2 aromatic heterocycles. The standard InChI is InChI=1S/C10H9N3O5/c1-13-7-6(8(15)12-10(13)17)4(9(16)18-2)3-5(14)11-7/h3H,1-2H3,(H,11,14)(H,12,15,17). The zero-order chi connectivity index (χ0) is 13.4. The van der Waals surface area contributed by atoms with Crippen molar-refractivity contribution < 1.29 is 9.53 Å². The molecular weight excluding hydrogens is 242 g/mol. The van der Waals surface area contributed by atoms with E-state index in [1.807, 2.05) is 4.98 Å². The molecule has 0 radical (unpaired) electrons. The highest BCUT2D eigenvalue weighted by Crippen LogP contribution is 2.08. The third-order valence-corrected chi connectivity index (χ3v) is 2.52. The zero-order valence-corrected chi connectivity index (χ0v) is 9.57. The molecule has 0 aliphatic carbocycles. The lowest BCUT2D eigenvalue weighted by atomic mass is 10.2. The summed E-state index contributed by atoms with van der Waals surface area (Å²) in [7, 11) is 2.49. The number of ether oxygens (including phenoxy) is 1. The van der Waals surface area contributed by atoms with Gasteiger partial charge in [0.2, 0.25) is 5.56 Å². The number of hydrogen-bond donors (Lipinski definition) is 2. The van der Waals surface area contributed by atoms with Crippen LogP contribution in [0.15, 0.2) is 20.4 Å². The predicted octanol–water partition coefficient (Wildman–Crippen LogP) is -1.30. The number of rotatable bonds is 1. The lowest BCUT2D eigenvalue weighted by Crippen LogP contribution is -2.31. The molecule has 2 N–H and O–H groups in total. The van der Waals surface area contributed by atoms with E-state index in [9.17, 15) is 19.2 Å². The number of aryl methyl sites for hydroxylation is 1. The molecule has 2 heterocycles. The molecule has 94 valence electrons. The summed E-state index contributed by atoms with van der Waals surface area (Å²) in [4.78, 5) is 50.4. The fourth-order valence-electron chi connectivity index (χ4n) is 1.64. The second-order valence-electron chi connectivity index (χ2n) is 3.58. The van der Waals surface area contributed by atoms with Crippen LogP contribution in [0, 0.1) is 0 Å². The summed E-state index contributed by atoms with van der Waals surface area (Å²) >= 11 is 0. The van der Waals surface area contributed by atoms with Gasteiger partial charge in [0, 0.05) is 13.1 Å². The van der Waals surface area contributed by atoms with Crippen molar-refractivity contribution in [3.63, 3.8) is 0 Å². The highest BCUT2D eigenvalue weighted by Gasteiger charge is 2.17. The molecule has 0 bridgehead atoms. The Labute approximate surface area is 98.8 Å². The van der Waals surface area contributed by atoms with Crippen LogP contribution >= 0.6 is 0 Å². The first-order valence-corrected chi connectivity index (χ1v) is 4.90. The maximum absolute atomic E-state index is 11.7. The minimum absolute atomic E-state index is 0.0309. The maximum atomic E-state index is 11.7. The van der Waals surface area contributed by atoms with E-state index in [2.05, 4.69) is 9.72 Å². The number of aromatic nitrogens is 3. The summed E-state index contributed by atoms with van der Waals surface area (Å²) < 4.78 is 5.52. The predicted molar refractivity (Wildman–Crippen MR) is 61.8 cm³/mol.